The van der Waals surface area contributed by atoms with Crippen LogP contribution in [0.5, 0.6) is 0 Å². The fourth-order valence-electron chi connectivity index (χ4n) is 1.48. The van der Waals surface area contributed by atoms with Gasteiger partial charge in [-0.3, -0.25) is 19.8 Å². The van der Waals surface area contributed by atoms with E-state index >= 15 is 0 Å². The maximum absolute atomic E-state index is 11.8. The number of carbonyl (C=O) groups excluding carboxylic acids is 2. The third-order valence-electron chi connectivity index (χ3n) is 2.47. The molecule has 0 aromatic rings. The number of amides is 2. The van der Waals surface area contributed by atoms with Crippen LogP contribution in [0.25, 0.3) is 0 Å². The molecule has 0 aromatic carbocycles. The lowest BCUT2D eigenvalue weighted by Gasteiger charge is -2.36. The molecule has 1 aliphatic rings. The zero-order chi connectivity index (χ0) is 11.5. The highest BCUT2D eigenvalue weighted by atomic mass is 16.2. The molecule has 1 saturated heterocycles. The van der Waals surface area contributed by atoms with Crippen molar-refractivity contribution >= 4 is 11.8 Å². The fraction of sp³-hybridized carbons (Fsp3) is 0.636. The molecule has 1 heterocycles. The van der Waals surface area contributed by atoms with Gasteiger partial charge in [-0.05, 0) is 20.3 Å². The van der Waals surface area contributed by atoms with Gasteiger partial charge in [0.15, 0.2) is 0 Å². The largest absolute Gasteiger partial charge is 0.295 e. The van der Waals surface area contributed by atoms with Crippen LogP contribution >= 0.6 is 0 Å². The van der Waals surface area contributed by atoms with Gasteiger partial charge in [0.2, 0.25) is 11.8 Å². The summed E-state index contributed by atoms with van der Waals surface area (Å²) in [7, 11) is 0. The van der Waals surface area contributed by atoms with Crippen molar-refractivity contribution in [1.29, 1.82) is 0 Å². The van der Waals surface area contributed by atoms with E-state index in [1.165, 1.54) is 4.90 Å². The van der Waals surface area contributed by atoms with Crippen LogP contribution in [-0.2, 0) is 9.59 Å². The van der Waals surface area contributed by atoms with Crippen LogP contribution in [-0.4, -0.2) is 35.3 Å². The molecule has 4 heteroatoms. The highest BCUT2D eigenvalue weighted by Crippen LogP contribution is 2.13. The number of nitrogens with zero attached hydrogens (tertiary/aromatic N) is 1. The zero-order valence-electron chi connectivity index (χ0n) is 9.17. The molecule has 0 aromatic heterocycles. The van der Waals surface area contributed by atoms with Crippen LogP contribution in [0.15, 0.2) is 0 Å². The Morgan fingerprint density at radius 1 is 1.53 bits per heavy atom. The molecule has 1 N–H and O–H groups in total. The Labute approximate surface area is 90.0 Å². The molecule has 0 aliphatic carbocycles. The lowest BCUT2D eigenvalue weighted by molar-refractivity contribution is -0.152. The van der Waals surface area contributed by atoms with Crippen molar-refractivity contribution in [2.24, 2.45) is 0 Å². The number of rotatable bonds is 3. The van der Waals surface area contributed by atoms with Crippen LogP contribution in [0.4, 0.5) is 0 Å². The molecule has 1 aliphatic heterocycles. The Hall–Kier alpha value is -1.34. The van der Waals surface area contributed by atoms with Gasteiger partial charge in [-0.25, -0.2) is 0 Å². The van der Waals surface area contributed by atoms with E-state index in [9.17, 15) is 9.59 Å². The second-order valence-corrected chi connectivity index (χ2v) is 4.14. The van der Waals surface area contributed by atoms with Crippen molar-refractivity contribution < 1.29 is 9.59 Å². The van der Waals surface area contributed by atoms with Gasteiger partial charge in [-0.2, -0.15) is 0 Å². The minimum absolute atomic E-state index is 0.170. The van der Waals surface area contributed by atoms with Crippen molar-refractivity contribution in [3.05, 3.63) is 0 Å². The fourth-order valence-corrected chi connectivity index (χ4v) is 1.48. The number of hydrogen-bond acceptors (Lipinski definition) is 3. The normalized spacial score (nSPS) is 20.2. The average molecular weight is 208 g/mol. The average Bonchev–Trinajstić information content (AvgIpc) is 2.18. The summed E-state index contributed by atoms with van der Waals surface area (Å²) in [5.74, 6) is 2.15. The van der Waals surface area contributed by atoms with E-state index in [-0.39, 0.29) is 18.4 Å². The number of imide groups is 1. The first-order valence-corrected chi connectivity index (χ1v) is 5.02. The minimum atomic E-state index is -0.649. The summed E-state index contributed by atoms with van der Waals surface area (Å²) < 4.78 is 0. The monoisotopic (exact) mass is 208 g/mol. The van der Waals surface area contributed by atoms with Gasteiger partial charge in [0.1, 0.15) is 0 Å². The second-order valence-electron chi connectivity index (χ2n) is 4.14. The number of carbonyl (C=O) groups is 2. The molecular formula is C11H16N2O2. The predicted molar refractivity (Wildman–Crippen MR) is 56.9 cm³/mol. The first-order valence-electron chi connectivity index (χ1n) is 5.02. The molecule has 0 unspecified atom stereocenters. The Kier molecular flexibility index (Phi) is 3.48. The molecule has 0 radical (unpaired) electrons. The molecule has 82 valence electrons. The molecule has 0 spiro atoms. The summed E-state index contributed by atoms with van der Waals surface area (Å²) in [5, 5.41) is 2.90. The Bertz CT molecular complexity index is 315. The smallest absolute Gasteiger partial charge is 0.248 e. The summed E-state index contributed by atoms with van der Waals surface area (Å²) >= 11 is 0. The van der Waals surface area contributed by atoms with Gasteiger partial charge in [-0.1, -0.05) is 0 Å². The zero-order valence-corrected chi connectivity index (χ0v) is 9.17. The van der Waals surface area contributed by atoms with Gasteiger partial charge in [-0.15, -0.1) is 12.3 Å². The van der Waals surface area contributed by atoms with Gasteiger partial charge in [0, 0.05) is 13.0 Å². The number of nitrogens with one attached hydrogen (secondary N) is 1. The van der Waals surface area contributed by atoms with E-state index in [2.05, 4.69) is 11.2 Å². The molecular weight excluding hydrogens is 192 g/mol. The molecule has 1 fully saturated rings. The highest BCUT2D eigenvalue weighted by Gasteiger charge is 2.39. The highest BCUT2D eigenvalue weighted by molar-refractivity contribution is 6.02. The van der Waals surface area contributed by atoms with E-state index in [4.69, 9.17) is 6.42 Å². The molecule has 2 amide bonds. The SMILES string of the molecule is C#CCCCN1C(=O)CNC(C)(C)C1=O. The summed E-state index contributed by atoms with van der Waals surface area (Å²) in [6.07, 6.45) is 6.37. The topological polar surface area (TPSA) is 49.4 Å². The van der Waals surface area contributed by atoms with E-state index in [0.29, 0.717) is 19.4 Å². The van der Waals surface area contributed by atoms with E-state index in [1.807, 2.05) is 0 Å². The third kappa shape index (κ3) is 2.57. The van der Waals surface area contributed by atoms with Crippen LogP contribution in [0, 0.1) is 12.3 Å². The lowest BCUT2D eigenvalue weighted by Crippen LogP contribution is -2.63. The standard InChI is InChI=1S/C11H16N2O2/c1-4-5-6-7-13-9(14)8-12-11(2,3)10(13)15/h1,12H,5-8H2,2-3H3. The van der Waals surface area contributed by atoms with Crippen molar-refractivity contribution in [1.82, 2.24) is 10.2 Å². The van der Waals surface area contributed by atoms with Crippen LogP contribution in [0.3, 0.4) is 0 Å². The molecule has 0 saturated carbocycles. The van der Waals surface area contributed by atoms with E-state index in [0.717, 1.165) is 0 Å². The lowest BCUT2D eigenvalue weighted by atomic mass is 10.0. The van der Waals surface area contributed by atoms with Gasteiger partial charge >= 0.3 is 0 Å². The molecule has 4 nitrogen and oxygen atoms in total. The van der Waals surface area contributed by atoms with Gasteiger partial charge in [0.05, 0.1) is 12.1 Å². The maximum atomic E-state index is 11.8. The predicted octanol–water partition coefficient (Wildman–Crippen LogP) is 0.137. The number of terminal acetylenes is 1. The van der Waals surface area contributed by atoms with Crippen molar-refractivity contribution in [3.63, 3.8) is 0 Å². The van der Waals surface area contributed by atoms with Gasteiger partial charge in [0.25, 0.3) is 0 Å². The van der Waals surface area contributed by atoms with Crippen LogP contribution in [0.2, 0.25) is 0 Å². The molecule has 0 atom stereocenters. The third-order valence-corrected chi connectivity index (χ3v) is 2.47. The summed E-state index contributed by atoms with van der Waals surface area (Å²) in [6.45, 7) is 4.19. The number of piperazine rings is 1. The summed E-state index contributed by atoms with van der Waals surface area (Å²) in [5.41, 5.74) is -0.649. The Morgan fingerprint density at radius 2 is 2.20 bits per heavy atom. The quantitative estimate of drug-likeness (QED) is 0.407. The first kappa shape index (κ1) is 11.7. The van der Waals surface area contributed by atoms with E-state index in [1.54, 1.807) is 13.8 Å². The van der Waals surface area contributed by atoms with Crippen molar-refractivity contribution in [3.8, 4) is 12.3 Å². The first-order chi connectivity index (χ1) is 6.99. The van der Waals surface area contributed by atoms with Crippen molar-refractivity contribution in [2.75, 3.05) is 13.1 Å². The minimum Gasteiger partial charge on any atom is -0.295 e. The van der Waals surface area contributed by atoms with Crippen LogP contribution in [0.1, 0.15) is 26.7 Å². The molecule has 15 heavy (non-hydrogen) atoms. The number of unbranched alkanes of at least 4 members (excludes halogenated alkanes) is 1. The number of hydrogen-bond donors (Lipinski definition) is 1. The molecule has 1 rings (SSSR count). The maximum Gasteiger partial charge on any atom is 0.248 e. The second kappa shape index (κ2) is 4.45. The van der Waals surface area contributed by atoms with E-state index < -0.39 is 5.54 Å². The Morgan fingerprint density at radius 3 is 2.80 bits per heavy atom. The van der Waals surface area contributed by atoms with Crippen LogP contribution < -0.4 is 5.32 Å². The van der Waals surface area contributed by atoms with Crippen molar-refractivity contribution in [2.45, 2.75) is 32.2 Å². The molecule has 0 bridgehead atoms. The summed E-state index contributed by atoms with van der Waals surface area (Å²) in [6, 6.07) is 0. The summed E-state index contributed by atoms with van der Waals surface area (Å²) in [4.78, 5) is 24.6. The Balaban J connectivity index is 2.64. The van der Waals surface area contributed by atoms with Gasteiger partial charge < -0.3 is 0 Å².